The molecule has 7 nitrogen and oxygen atoms in total. The molecule has 1 saturated heterocycles. The molecule has 1 saturated carbocycles. The fourth-order valence-electron chi connectivity index (χ4n) is 3.80. The number of nitrogens with one attached hydrogen (secondary N) is 2. The van der Waals surface area contributed by atoms with Gasteiger partial charge in [-0.3, -0.25) is 14.5 Å². The molecule has 3 rings (SSSR count). The van der Waals surface area contributed by atoms with Crippen LogP contribution in [-0.2, 0) is 16.1 Å². The first-order valence-corrected chi connectivity index (χ1v) is 9.58. The molecule has 0 radical (unpaired) electrons. The highest BCUT2D eigenvalue weighted by Gasteiger charge is 2.51. The summed E-state index contributed by atoms with van der Waals surface area (Å²) < 4.78 is 0. The van der Waals surface area contributed by atoms with Crippen LogP contribution in [0.4, 0.5) is 10.5 Å². The van der Waals surface area contributed by atoms with Gasteiger partial charge in [0, 0.05) is 26.3 Å². The molecule has 7 heteroatoms. The molecule has 0 bridgehead atoms. The first-order valence-electron chi connectivity index (χ1n) is 9.58. The van der Waals surface area contributed by atoms with Crippen molar-refractivity contribution < 1.29 is 14.4 Å². The molecule has 1 aromatic carbocycles. The largest absolute Gasteiger partial charge is 0.378 e. The van der Waals surface area contributed by atoms with Gasteiger partial charge in [-0.05, 0) is 30.5 Å². The third-order valence-electron chi connectivity index (χ3n) is 5.45. The van der Waals surface area contributed by atoms with E-state index in [0.717, 1.165) is 41.8 Å². The lowest BCUT2D eigenvalue weighted by Crippen LogP contribution is -2.47. The van der Waals surface area contributed by atoms with Gasteiger partial charge in [-0.1, -0.05) is 37.8 Å². The fourth-order valence-corrected chi connectivity index (χ4v) is 3.80. The molecule has 2 N–H and O–H groups in total. The Hall–Kier alpha value is -2.57. The molecule has 0 atom stereocenters. The van der Waals surface area contributed by atoms with E-state index in [1.807, 2.05) is 43.3 Å². The lowest BCUT2D eigenvalue weighted by molar-refractivity contribution is -0.135. The van der Waals surface area contributed by atoms with Crippen LogP contribution in [0, 0.1) is 0 Å². The number of hydrogen-bond acceptors (Lipinski definition) is 4. The first kappa shape index (κ1) is 19.2. The van der Waals surface area contributed by atoms with Crippen molar-refractivity contribution in [1.29, 1.82) is 0 Å². The summed E-state index contributed by atoms with van der Waals surface area (Å²) in [6.07, 6.45) is 5.34. The predicted molar refractivity (Wildman–Crippen MR) is 103 cm³/mol. The number of urea groups is 1. The molecule has 0 unspecified atom stereocenters. The summed E-state index contributed by atoms with van der Waals surface area (Å²) in [5.41, 5.74) is 1.25. The third kappa shape index (κ3) is 4.23. The fraction of sp³-hybridized carbons (Fsp3) is 0.550. The van der Waals surface area contributed by atoms with Gasteiger partial charge in [0.25, 0.3) is 5.91 Å². The molecule has 2 fully saturated rings. The molecule has 1 spiro atoms. The maximum absolute atomic E-state index is 12.8. The second kappa shape index (κ2) is 7.98. The van der Waals surface area contributed by atoms with E-state index < -0.39 is 11.6 Å². The summed E-state index contributed by atoms with van der Waals surface area (Å²) in [4.78, 5) is 40.5. The summed E-state index contributed by atoms with van der Waals surface area (Å²) in [5.74, 6) is -0.583. The van der Waals surface area contributed by atoms with Crippen LogP contribution in [0.25, 0.3) is 0 Å². The van der Waals surface area contributed by atoms with E-state index >= 15 is 0 Å². The number of hydrogen-bond donors (Lipinski definition) is 2. The molecule has 2 aliphatic rings. The Labute approximate surface area is 160 Å². The number of carbonyl (C=O) groups excluding carboxylic acids is 3. The quantitative estimate of drug-likeness (QED) is 0.775. The third-order valence-corrected chi connectivity index (χ3v) is 5.45. The van der Waals surface area contributed by atoms with Crippen LogP contribution in [0.3, 0.4) is 0 Å². The molecule has 27 heavy (non-hydrogen) atoms. The molecule has 0 aromatic heterocycles. The number of benzene rings is 1. The SMILES string of the molecule is CN(C)c1ccc(CNC(=O)CN2C(=O)NC3(CCCCCC3)C2=O)cc1. The predicted octanol–water partition coefficient (Wildman–Crippen LogP) is 2.01. The van der Waals surface area contributed by atoms with E-state index in [1.165, 1.54) is 0 Å². The van der Waals surface area contributed by atoms with Crippen molar-refractivity contribution in [3.05, 3.63) is 29.8 Å². The standard InChI is InChI=1S/C20H28N4O3/c1-23(2)16-9-7-15(8-10-16)13-21-17(25)14-24-18(26)20(22-19(24)27)11-5-3-4-6-12-20/h7-10H,3-6,11-14H2,1-2H3,(H,21,25)(H,22,27). The van der Waals surface area contributed by atoms with Gasteiger partial charge in [0.15, 0.2) is 0 Å². The van der Waals surface area contributed by atoms with Gasteiger partial charge in [0.1, 0.15) is 12.1 Å². The minimum atomic E-state index is -0.796. The Kier molecular flexibility index (Phi) is 5.68. The Morgan fingerprint density at radius 3 is 2.33 bits per heavy atom. The zero-order valence-electron chi connectivity index (χ0n) is 16.1. The van der Waals surface area contributed by atoms with Crippen LogP contribution in [0.15, 0.2) is 24.3 Å². The lowest BCUT2D eigenvalue weighted by Gasteiger charge is -2.24. The average molecular weight is 372 g/mol. The molecule has 1 aliphatic heterocycles. The van der Waals surface area contributed by atoms with Crippen LogP contribution in [0.5, 0.6) is 0 Å². The second-order valence-corrected chi connectivity index (χ2v) is 7.66. The number of rotatable bonds is 5. The highest BCUT2D eigenvalue weighted by atomic mass is 16.2. The van der Waals surface area contributed by atoms with Crippen molar-refractivity contribution in [2.24, 2.45) is 0 Å². The van der Waals surface area contributed by atoms with Crippen LogP contribution >= 0.6 is 0 Å². The van der Waals surface area contributed by atoms with E-state index in [1.54, 1.807) is 0 Å². The second-order valence-electron chi connectivity index (χ2n) is 7.66. The molecule has 4 amide bonds. The van der Waals surface area contributed by atoms with Crippen molar-refractivity contribution in [1.82, 2.24) is 15.5 Å². The lowest BCUT2D eigenvalue weighted by atomic mass is 9.90. The molecule has 1 aliphatic carbocycles. The maximum Gasteiger partial charge on any atom is 0.325 e. The Morgan fingerprint density at radius 1 is 1.11 bits per heavy atom. The van der Waals surface area contributed by atoms with Gasteiger partial charge in [0.05, 0.1) is 0 Å². The zero-order valence-corrected chi connectivity index (χ0v) is 16.1. The Morgan fingerprint density at radius 2 is 1.74 bits per heavy atom. The zero-order chi connectivity index (χ0) is 19.4. The highest BCUT2D eigenvalue weighted by Crippen LogP contribution is 2.32. The number of imide groups is 1. The van der Waals surface area contributed by atoms with Crippen molar-refractivity contribution in [2.45, 2.75) is 50.6 Å². The number of anilines is 1. The van der Waals surface area contributed by atoms with Crippen LogP contribution in [0.2, 0.25) is 0 Å². The van der Waals surface area contributed by atoms with Gasteiger partial charge in [-0.25, -0.2) is 4.79 Å². The van der Waals surface area contributed by atoms with Gasteiger partial charge in [-0.2, -0.15) is 0 Å². The minimum Gasteiger partial charge on any atom is -0.378 e. The van der Waals surface area contributed by atoms with Gasteiger partial charge < -0.3 is 15.5 Å². The van der Waals surface area contributed by atoms with E-state index in [0.29, 0.717) is 19.4 Å². The summed E-state index contributed by atoms with van der Waals surface area (Å²) in [6.45, 7) is 0.129. The van der Waals surface area contributed by atoms with E-state index in [4.69, 9.17) is 0 Å². The van der Waals surface area contributed by atoms with Gasteiger partial charge in [0.2, 0.25) is 5.91 Å². The smallest absolute Gasteiger partial charge is 0.325 e. The van der Waals surface area contributed by atoms with Crippen LogP contribution < -0.4 is 15.5 Å². The number of nitrogens with zero attached hydrogens (tertiary/aromatic N) is 2. The normalized spacial score (nSPS) is 19.0. The van der Waals surface area contributed by atoms with Gasteiger partial charge >= 0.3 is 6.03 Å². The molecular weight excluding hydrogens is 344 g/mol. The average Bonchev–Trinajstić information content (AvgIpc) is 2.82. The maximum atomic E-state index is 12.8. The Bertz CT molecular complexity index is 706. The monoisotopic (exact) mass is 372 g/mol. The molecule has 1 heterocycles. The van der Waals surface area contributed by atoms with Crippen LogP contribution in [-0.4, -0.2) is 48.9 Å². The Balaban J connectivity index is 1.55. The molecule has 1 aromatic rings. The van der Waals surface area contributed by atoms with Crippen LogP contribution in [0.1, 0.15) is 44.1 Å². The topological polar surface area (TPSA) is 81.8 Å². The summed E-state index contributed by atoms with van der Waals surface area (Å²) in [6, 6.07) is 7.41. The molecule has 146 valence electrons. The summed E-state index contributed by atoms with van der Waals surface area (Å²) >= 11 is 0. The van der Waals surface area contributed by atoms with E-state index in [2.05, 4.69) is 10.6 Å². The van der Waals surface area contributed by atoms with E-state index in [9.17, 15) is 14.4 Å². The number of amides is 4. The van der Waals surface area contributed by atoms with E-state index in [-0.39, 0.29) is 18.4 Å². The van der Waals surface area contributed by atoms with Crippen molar-refractivity contribution in [3.8, 4) is 0 Å². The van der Waals surface area contributed by atoms with Gasteiger partial charge in [-0.15, -0.1) is 0 Å². The number of carbonyl (C=O) groups is 3. The van der Waals surface area contributed by atoms with Crippen molar-refractivity contribution in [3.63, 3.8) is 0 Å². The summed E-state index contributed by atoms with van der Waals surface area (Å²) in [7, 11) is 3.94. The van der Waals surface area contributed by atoms with Crippen molar-refractivity contribution >= 4 is 23.5 Å². The van der Waals surface area contributed by atoms with Crippen molar-refractivity contribution in [2.75, 3.05) is 25.5 Å². The minimum absolute atomic E-state index is 0.234. The summed E-state index contributed by atoms with van der Waals surface area (Å²) in [5, 5.41) is 5.65. The first-order chi connectivity index (χ1) is 12.9. The highest BCUT2D eigenvalue weighted by molar-refractivity contribution is 6.09. The molecular formula is C20H28N4O3.